The zero-order valence-electron chi connectivity index (χ0n) is 12.8. The van der Waals surface area contributed by atoms with Crippen molar-refractivity contribution in [3.8, 4) is 5.75 Å². The molecule has 0 aliphatic carbocycles. The molecule has 0 aromatic heterocycles. The van der Waals surface area contributed by atoms with Crippen molar-refractivity contribution >= 4 is 52.4 Å². The number of rotatable bonds is 6. The molecule has 0 fully saturated rings. The number of methoxy groups -OCH3 is 1. The maximum Gasteiger partial charge on any atom is 0.419 e. The summed E-state index contributed by atoms with van der Waals surface area (Å²) in [6.45, 7) is 1.62. The van der Waals surface area contributed by atoms with Crippen molar-refractivity contribution in [1.82, 2.24) is 5.32 Å². The van der Waals surface area contributed by atoms with Crippen LogP contribution in [-0.4, -0.2) is 39.9 Å². The number of halogens is 3. The van der Waals surface area contributed by atoms with Crippen LogP contribution in [0.3, 0.4) is 0 Å². The van der Waals surface area contributed by atoms with Crippen molar-refractivity contribution in [3.05, 3.63) is 35.4 Å². The Labute approximate surface area is 153 Å². The summed E-state index contributed by atoms with van der Waals surface area (Å²) in [4.78, 5) is 26.9. The minimum absolute atomic E-state index is 0.0427. The van der Waals surface area contributed by atoms with Crippen molar-refractivity contribution in [1.29, 1.82) is 0 Å². The van der Waals surface area contributed by atoms with Gasteiger partial charge in [-0.1, -0.05) is 46.9 Å². The van der Waals surface area contributed by atoms with Crippen molar-refractivity contribution < 1.29 is 23.9 Å². The van der Waals surface area contributed by atoms with E-state index < -0.39 is 27.4 Å². The van der Waals surface area contributed by atoms with E-state index >= 15 is 0 Å². The lowest BCUT2D eigenvalue weighted by atomic mass is 10.0. The van der Waals surface area contributed by atoms with E-state index in [2.05, 4.69) is 10.1 Å². The Balaban J connectivity index is 3.32. The molecule has 1 rings (SSSR count). The van der Waals surface area contributed by atoms with Crippen LogP contribution in [0.4, 0.5) is 0 Å². The number of benzene rings is 1. The number of nitrogens with zero attached hydrogens (tertiary/aromatic N) is 2. The monoisotopic (exact) mass is 393 g/mol. The number of amides is 1. The number of alkyl halides is 3. The maximum absolute atomic E-state index is 12.0. The molecule has 1 atom stereocenters. The van der Waals surface area contributed by atoms with E-state index in [1.807, 2.05) is 0 Å². The summed E-state index contributed by atoms with van der Waals surface area (Å²) in [6.07, 6.45) is 0. The van der Waals surface area contributed by atoms with Crippen LogP contribution in [0.15, 0.2) is 24.3 Å². The fourth-order valence-corrected chi connectivity index (χ4v) is 1.93. The predicted octanol–water partition coefficient (Wildman–Crippen LogP) is 2.46. The van der Waals surface area contributed by atoms with Crippen LogP contribution < -0.4 is 10.1 Å². The molecular weight excluding hydrogens is 381 g/mol. The van der Waals surface area contributed by atoms with E-state index in [0.29, 0.717) is 11.3 Å². The average Bonchev–Trinajstić information content (AvgIpc) is 2.53. The Kier molecular flexibility index (Phi) is 7.51. The van der Waals surface area contributed by atoms with Crippen molar-refractivity contribution in [2.45, 2.75) is 16.8 Å². The summed E-state index contributed by atoms with van der Waals surface area (Å²) < 4.78 is 7.63. The number of hydrogen-bond acceptors (Lipinski definition) is 4. The third-order valence-electron chi connectivity index (χ3n) is 2.83. The molecule has 130 valence electrons. The Hall–Kier alpha value is -1.79. The fourth-order valence-electron chi connectivity index (χ4n) is 1.77. The molecule has 0 bridgehead atoms. The molecule has 0 radical (unpaired) electrons. The van der Waals surface area contributed by atoms with E-state index in [0.717, 1.165) is 0 Å². The Morgan fingerprint density at radius 1 is 1.38 bits per heavy atom. The normalized spacial score (nSPS) is 11.9. The minimum atomic E-state index is -2.27. The molecule has 1 amide bonds. The highest BCUT2D eigenvalue weighted by Gasteiger charge is 2.40. The second-order valence-electron chi connectivity index (χ2n) is 4.39. The molecule has 0 aliphatic heterocycles. The van der Waals surface area contributed by atoms with E-state index in [9.17, 15) is 15.1 Å². The first kappa shape index (κ1) is 20.3. The molecule has 1 N–H and O–H groups in total. The number of nitrogens with one attached hydrogen (secondary N) is 1. The van der Waals surface area contributed by atoms with Crippen LogP contribution in [0.5, 0.6) is 5.75 Å². The molecule has 0 heterocycles. The van der Waals surface area contributed by atoms with Crippen LogP contribution >= 0.6 is 34.8 Å². The Morgan fingerprint density at radius 3 is 2.54 bits per heavy atom. The molecule has 0 aliphatic rings. The lowest BCUT2D eigenvalue weighted by Crippen LogP contribution is -2.43. The van der Waals surface area contributed by atoms with Crippen LogP contribution in [0.1, 0.15) is 18.5 Å². The zero-order valence-corrected chi connectivity index (χ0v) is 15.0. The van der Waals surface area contributed by atoms with Crippen LogP contribution in [0.2, 0.25) is 0 Å². The first-order valence-corrected chi connectivity index (χ1v) is 7.78. The summed E-state index contributed by atoms with van der Waals surface area (Å²) in [5, 5.41) is 2.33. The molecule has 1 aromatic rings. The first-order chi connectivity index (χ1) is 11.2. The van der Waals surface area contributed by atoms with Crippen LogP contribution in [0, 0.1) is 0 Å². The van der Waals surface area contributed by atoms with Gasteiger partial charge in [0.15, 0.2) is 6.04 Å². The quantitative estimate of drug-likeness (QED) is 0.263. The zero-order chi connectivity index (χ0) is 18.3. The Morgan fingerprint density at radius 2 is 2.04 bits per heavy atom. The van der Waals surface area contributed by atoms with Gasteiger partial charge >= 0.3 is 11.7 Å². The van der Waals surface area contributed by atoms with Gasteiger partial charge in [-0.3, -0.25) is 4.79 Å². The number of carbonyl (C=O) groups excluding carboxylic acids is 2. The van der Waals surface area contributed by atoms with Gasteiger partial charge in [0.2, 0.25) is 0 Å². The van der Waals surface area contributed by atoms with Gasteiger partial charge < -0.3 is 20.3 Å². The fraction of sp³-hybridized carbons (Fsp3) is 0.357. The molecule has 24 heavy (non-hydrogen) atoms. The summed E-state index contributed by atoms with van der Waals surface area (Å²) in [5.41, 5.74) is 9.08. The second kappa shape index (κ2) is 8.89. The smallest absolute Gasteiger partial charge is 0.419 e. The van der Waals surface area contributed by atoms with E-state index in [-0.39, 0.29) is 6.61 Å². The predicted molar refractivity (Wildman–Crippen MR) is 89.4 cm³/mol. The van der Waals surface area contributed by atoms with Gasteiger partial charge in [-0.15, -0.1) is 0 Å². The van der Waals surface area contributed by atoms with Crippen LogP contribution in [-0.2, 0) is 14.3 Å². The molecule has 7 nitrogen and oxygen atoms in total. The molecule has 10 heteroatoms. The molecule has 0 unspecified atom stereocenters. The molecular formula is C14H14Cl3N3O4. The largest absolute Gasteiger partial charge is 0.497 e. The highest BCUT2D eigenvalue weighted by Crippen LogP contribution is 2.28. The van der Waals surface area contributed by atoms with E-state index in [4.69, 9.17) is 44.3 Å². The molecule has 0 saturated carbocycles. The lowest BCUT2D eigenvalue weighted by Gasteiger charge is -2.18. The van der Waals surface area contributed by atoms with Crippen molar-refractivity contribution in [3.63, 3.8) is 0 Å². The minimum Gasteiger partial charge on any atom is -0.497 e. The number of esters is 1. The summed E-state index contributed by atoms with van der Waals surface area (Å²) in [7, 11) is 1.44. The molecule has 0 saturated heterocycles. The van der Waals surface area contributed by atoms with Gasteiger partial charge in [0.05, 0.1) is 13.7 Å². The van der Waals surface area contributed by atoms with Gasteiger partial charge in [0, 0.05) is 0 Å². The standard InChI is InChI=1S/C14H14Cl3N3O4/c1-3-24-12(21)11(20-18)10(19-13(22)14(15,16)17)8-5-4-6-9(7-8)23-2/h4-7,10H,3H2,1-2H3,(H,19,22)/t10-/m0/s1. The third-order valence-corrected chi connectivity index (χ3v) is 3.34. The Bertz CT molecular complexity index is 669. The number of hydrogen-bond donors (Lipinski definition) is 1. The molecule has 1 aromatic carbocycles. The lowest BCUT2D eigenvalue weighted by molar-refractivity contribution is -0.140. The van der Waals surface area contributed by atoms with Crippen molar-refractivity contribution in [2.24, 2.45) is 0 Å². The second-order valence-corrected chi connectivity index (χ2v) is 6.67. The first-order valence-electron chi connectivity index (χ1n) is 6.65. The van der Waals surface area contributed by atoms with Gasteiger partial charge in [0.25, 0.3) is 9.70 Å². The van der Waals surface area contributed by atoms with Gasteiger partial charge in [-0.2, -0.15) is 4.79 Å². The topological polar surface area (TPSA) is 101 Å². The number of ether oxygens (including phenoxy) is 2. The average molecular weight is 395 g/mol. The van der Waals surface area contributed by atoms with Gasteiger partial charge in [0.1, 0.15) is 5.75 Å². The third kappa shape index (κ3) is 5.39. The highest BCUT2D eigenvalue weighted by molar-refractivity contribution is 6.76. The summed E-state index contributed by atoms with van der Waals surface area (Å²) >= 11 is 16.6. The number of carbonyl (C=O) groups is 2. The van der Waals surface area contributed by atoms with Crippen LogP contribution in [0.25, 0.3) is 5.53 Å². The summed E-state index contributed by atoms with van der Waals surface area (Å²) in [6, 6.07) is 5.14. The van der Waals surface area contributed by atoms with Gasteiger partial charge in [-0.05, 0) is 24.6 Å². The van der Waals surface area contributed by atoms with E-state index in [1.165, 1.54) is 13.2 Å². The SMILES string of the molecule is CCOC(=O)C(=[N+]=[N-])[C@@H](NC(=O)C(Cl)(Cl)Cl)c1cccc(OC)c1. The highest BCUT2D eigenvalue weighted by atomic mass is 35.6. The maximum atomic E-state index is 12.0. The molecule has 0 spiro atoms. The van der Waals surface area contributed by atoms with Crippen molar-refractivity contribution in [2.75, 3.05) is 13.7 Å². The van der Waals surface area contributed by atoms with Gasteiger partial charge in [-0.25, -0.2) is 4.79 Å². The summed E-state index contributed by atoms with van der Waals surface area (Å²) in [5.74, 6) is -1.50. The van der Waals surface area contributed by atoms with E-state index in [1.54, 1.807) is 25.1 Å².